The quantitative estimate of drug-likeness (QED) is 0.464. The molecule has 0 bridgehead atoms. The Morgan fingerprint density at radius 2 is 1.69 bits per heavy atom. The number of benzene rings is 2. The average molecular weight is 366 g/mol. The summed E-state index contributed by atoms with van der Waals surface area (Å²) in [5.74, 6) is 0.914. The van der Waals surface area contributed by atoms with Gasteiger partial charge in [-0.2, -0.15) is 0 Å². The first-order valence-corrected chi connectivity index (χ1v) is 9.66. The summed E-state index contributed by atoms with van der Waals surface area (Å²) >= 11 is 1.44. The van der Waals surface area contributed by atoms with E-state index in [1.54, 1.807) is 0 Å². The Morgan fingerprint density at radius 3 is 2.31 bits per heavy atom. The summed E-state index contributed by atoms with van der Waals surface area (Å²) in [4.78, 5) is 12.8. The highest BCUT2D eigenvalue weighted by Gasteiger charge is 2.21. The van der Waals surface area contributed by atoms with Crippen molar-refractivity contribution in [2.45, 2.75) is 44.5 Å². The second-order valence-electron chi connectivity index (χ2n) is 6.38. The van der Waals surface area contributed by atoms with Gasteiger partial charge in [-0.05, 0) is 44.9 Å². The molecular weight excluding hydrogens is 342 g/mol. The maximum atomic E-state index is 12.8. The number of rotatable bonds is 6. The SMILES string of the molecule is CCc1ccc(C(=O)C(C)Sc2nnc(C)n2-c2ccc(C)cc2)cc1. The van der Waals surface area contributed by atoms with Crippen LogP contribution in [0.4, 0.5) is 0 Å². The van der Waals surface area contributed by atoms with E-state index in [0.29, 0.717) is 0 Å². The number of nitrogens with zero attached hydrogens (tertiary/aromatic N) is 3. The van der Waals surface area contributed by atoms with Gasteiger partial charge in [-0.3, -0.25) is 9.36 Å². The van der Waals surface area contributed by atoms with Gasteiger partial charge in [-0.15, -0.1) is 10.2 Å². The number of Topliss-reactive ketones (excluding diaryl/α,β-unsaturated/α-hetero) is 1. The Labute approximate surface area is 158 Å². The molecule has 134 valence electrons. The van der Waals surface area contributed by atoms with Gasteiger partial charge in [-0.25, -0.2) is 0 Å². The van der Waals surface area contributed by atoms with Crippen LogP contribution in [0.5, 0.6) is 0 Å². The lowest BCUT2D eigenvalue weighted by molar-refractivity contribution is 0.0994. The summed E-state index contributed by atoms with van der Waals surface area (Å²) in [7, 11) is 0. The summed E-state index contributed by atoms with van der Waals surface area (Å²) in [5.41, 5.74) is 4.18. The average Bonchev–Trinajstić information content (AvgIpc) is 3.02. The standard InChI is InChI=1S/C21H23N3OS/c1-5-17-8-10-18(11-9-17)20(25)15(3)26-21-23-22-16(4)24(21)19-12-6-14(2)7-13-19/h6-13,15H,5H2,1-4H3. The molecule has 1 atom stereocenters. The molecule has 3 aromatic rings. The third-order valence-electron chi connectivity index (χ3n) is 4.39. The van der Waals surface area contributed by atoms with Crippen molar-refractivity contribution < 1.29 is 4.79 Å². The van der Waals surface area contributed by atoms with Crippen molar-refractivity contribution in [3.05, 3.63) is 71.0 Å². The molecule has 1 unspecified atom stereocenters. The van der Waals surface area contributed by atoms with Crippen molar-refractivity contribution in [2.24, 2.45) is 0 Å². The summed E-state index contributed by atoms with van der Waals surface area (Å²) in [6.07, 6.45) is 0.970. The Morgan fingerprint density at radius 1 is 1.04 bits per heavy atom. The van der Waals surface area contributed by atoms with Gasteiger partial charge in [0.25, 0.3) is 0 Å². The molecule has 1 heterocycles. The molecule has 0 aliphatic rings. The lowest BCUT2D eigenvalue weighted by Crippen LogP contribution is -2.14. The Balaban J connectivity index is 1.82. The monoisotopic (exact) mass is 365 g/mol. The van der Waals surface area contributed by atoms with E-state index >= 15 is 0 Å². The molecule has 0 radical (unpaired) electrons. The van der Waals surface area contributed by atoms with Gasteiger partial charge < -0.3 is 0 Å². The molecule has 0 saturated carbocycles. The topological polar surface area (TPSA) is 47.8 Å². The third-order valence-corrected chi connectivity index (χ3v) is 5.43. The van der Waals surface area contributed by atoms with E-state index in [-0.39, 0.29) is 11.0 Å². The molecule has 0 aliphatic carbocycles. The predicted molar refractivity (Wildman–Crippen MR) is 106 cm³/mol. The number of carbonyl (C=O) groups excluding carboxylic acids is 1. The normalized spacial score (nSPS) is 12.2. The van der Waals surface area contributed by atoms with E-state index < -0.39 is 0 Å². The van der Waals surface area contributed by atoms with Gasteiger partial charge in [0, 0.05) is 11.3 Å². The van der Waals surface area contributed by atoms with E-state index in [4.69, 9.17) is 0 Å². The van der Waals surface area contributed by atoms with Crippen LogP contribution >= 0.6 is 11.8 Å². The number of aromatic nitrogens is 3. The summed E-state index contributed by atoms with van der Waals surface area (Å²) < 4.78 is 1.99. The third kappa shape index (κ3) is 3.88. The van der Waals surface area contributed by atoms with E-state index in [1.807, 2.05) is 54.8 Å². The van der Waals surface area contributed by atoms with Crippen LogP contribution in [0.1, 0.15) is 41.2 Å². The van der Waals surface area contributed by atoms with Crippen LogP contribution in [0, 0.1) is 13.8 Å². The van der Waals surface area contributed by atoms with Gasteiger partial charge in [0.2, 0.25) is 0 Å². The maximum Gasteiger partial charge on any atom is 0.196 e. The van der Waals surface area contributed by atoms with Crippen molar-refractivity contribution in [1.29, 1.82) is 0 Å². The van der Waals surface area contributed by atoms with Crippen molar-refractivity contribution in [2.75, 3.05) is 0 Å². The summed E-state index contributed by atoms with van der Waals surface area (Å²) in [6.45, 7) is 8.01. The van der Waals surface area contributed by atoms with Crippen LogP contribution < -0.4 is 0 Å². The molecule has 2 aromatic carbocycles. The number of thioether (sulfide) groups is 1. The Kier molecular flexibility index (Phi) is 5.57. The fourth-order valence-corrected chi connectivity index (χ4v) is 3.75. The molecule has 3 rings (SSSR count). The van der Waals surface area contributed by atoms with E-state index in [2.05, 4.69) is 36.2 Å². The number of hydrogen-bond acceptors (Lipinski definition) is 4. The first kappa shape index (κ1) is 18.4. The van der Waals surface area contributed by atoms with Gasteiger partial charge in [-0.1, -0.05) is 60.6 Å². The highest BCUT2D eigenvalue weighted by molar-refractivity contribution is 8.00. The maximum absolute atomic E-state index is 12.8. The number of carbonyl (C=O) groups is 1. The van der Waals surface area contributed by atoms with Crippen LogP contribution in [-0.4, -0.2) is 25.8 Å². The molecule has 0 N–H and O–H groups in total. The minimum Gasteiger partial charge on any atom is -0.293 e. The Hall–Kier alpha value is -2.40. The van der Waals surface area contributed by atoms with Crippen molar-refractivity contribution in [1.82, 2.24) is 14.8 Å². The largest absolute Gasteiger partial charge is 0.293 e. The predicted octanol–water partition coefficient (Wildman–Crippen LogP) is 4.81. The van der Waals surface area contributed by atoms with E-state index in [1.165, 1.54) is 22.9 Å². The van der Waals surface area contributed by atoms with Crippen LogP contribution in [0.3, 0.4) is 0 Å². The van der Waals surface area contributed by atoms with Gasteiger partial charge in [0.1, 0.15) is 5.82 Å². The smallest absolute Gasteiger partial charge is 0.196 e. The zero-order chi connectivity index (χ0) is 18.7. The van der Waals surface area contributed by atoms with Gasteiger partial charge in [0.15, 0.2) is 10.9 Å². The van der Waals surface area contributed by atoms with Gasteiger partial charge >= 0.3 is 0 Å². The molecule has 26 heavy (non-hydrogen) atoms. The van der Waals surface area contributed by atoms with E-state index in [9.17, 15) is 4.79 Å². The molecule has 0 spiro atoms. The fourth-order valence-electron chi connectivity index (χ4n) is 2.76. The number of ketones is 1. The molecule has 5 heteroatoms. The lowest BCUT2D eigenvalue weighted by Gasteiger charge is -2.12. The lowest BCUT2D eigenvalue weighted by atomic mass is 10.1. The van der Waals surface area contributed by atoms with Gasteiger partial charge in [0.05, 0.1) is 5.25 Å². The van der Waals surface area contributed by atoms with E-state index in [0.717, 1.165) is 28.7 Å². The van der Waals surface area contributed by atoms with Crippen LogP contribution in [0.2, 0.25) is 0 Å². The van der Waals surface area contributed by atoms with Crippen LogP contribution in [0.25, 0.3) is 5.69 Å². The second-order valence-corrected chi connectivity index (χ2v) is 7.68. The molecular formula is C21H23N3OS. The minimum absolute atomic E-state index is 0.105. The zero-order valence-electron chi connectivity index (χ0n) is 15.6. The summed E-state index contributed by atoms with van der Waals surface area (Å²) in [5, 5.41) is 8.98. The highest BCUT2D eigenvalue weighted by Crippen LogP contribution is 2.27. The van der Waals surface area contributed by atoms with Crippen molar-refractivity contribution in [3.63, 3.8) is 0 Å². The molecule has 4 nitrogen and oxygen atoms in total. The Bertz CT molecular complexity index is 898. The first-order chi connectivity index (χ1) is 12.5. The minimum atomic E-state index is -0.240. The summed E-state index contributed by atoms with van der Waals surface area (Å²) in [6, 6.07) is 16.1. The van der Waals surface area contributed by atoms with Crippen LogP contribution in [0.15, 0.2) is 53.7 Å². The zero-order valence-corrected chi connectivity index (χ0v) is 16.4. The number of aryl methyl sites for hydroxylation is 3. The fraction of sp³-hybridized carbons (Fsp3) is 0.286. The van der Waals surface area contributed by atoms with Crippen molar-refractivity contribution >= 4 is 17.5 Å². The highest BCUT2D eigenvalue weighted by atomic mass is 32.2. The number of hydrogen-bond donors (Lipinski definition) is 0. The first-order valence-electron chi connectivity index (χ1n) is 8.78. The van der Waals surface area contributed by atoms with Crippen LogP contribution in [-0.2, 0) is 6.42 Å². The molecule has 0 amide bonds. The molecule has 0 fully saturated rings. The second kappa shape index (κ2) is 7.87. The molecule has 1 aromatic heterocycles. The van der Waals surface area contributed by atoms with Crippen molar-refractivity contribution in [3.8, 4) is 5.69 Å². The molecule has 0 saturated heterocycles. The molecule has 0 aliphatic heterocycles.